The fourth-order valence-electron chi connectivity index (χ4n) is 2.17. The summed E-state index contributed by atoms with van der Waals surface area (Å²) in [4.78, 5) is 17.8. The van der Waals surface area contributed by atoms with Gasteiger partial charge >= 0.3 is 6.03 Å². The molecule has 110 valence electrons. The number of urea groups is 1. The Labute approximate surface area is 124 Å². The second-order valence-corrected chi connectivity index (χ2v) is 4.72. The predicted molar refractivity (Wildman–Crippen MR) is 81.9 cm³/mol. The number of aliphatic hydroxyl groups is 1. The van der Waals surface area contributed by atoms with Crippen molar-refractivity contribution < 1.29 is 9.90 Å². The minimum atomic E-state index is -0.219. The molecular formula is C16H19N3O2. The number of carbonyl (C=O) groups is 1. The molecule has 5 heteroatoms. The number of nitrogens with one attached hydrogen (secondary N) is 1. The molecule has 1 unspecified atom stereocenters. The van der Waals surface area contributed by atoms with Gasteiger partial charge in [-0.05, 0) is 24.1 Å². The Hall–Kier alpha value is -2.40. The van der Waals surface area contributed by atoms with E-state index in [9.17, 15) is 9.90 Å². The van der Waals surface area contributed by atoms with E-state index in [0.717, 1.165) is 5.56 Å². The number of hydrogen-bond donors (Lipinski definition) is 2. The van der Waals surface area contributed by atoms with Crippen LogP contribution in [-0.2, 0) is 0 Å². The Balaban J connectivity index is 2.11. The first kappa shape index (κ1) is 15.0. The molecular weight excluding hydrogens is 266 g/mol. The zero-order valence-corrected chi connectivity index (χ0v) is 11.9. The molecule has 0 saturated heterocycles. The molecule has 0 aliphatic rings. The lowest BCUT2D eigenvalue weighted by Crippen LogP contribution is -2.35. The van der Waals surface area contributed by atoms with Crippen molar-refractivity contribution in [1.29, 1.82) is 0 Å². The molecule has 1 atom stereocenters. The third kappa shape index (κ3) is 4.03. The third-order valence-corrected chi connectivity index (χ3v) is 3.31. The van der Waals surface area contributed by atoms with Crippen LogP contribution in [0.4, 0.5) is 10.5 Å². The number of carbonyl (C=O) groups excluding carboxylic acids is 1. The molecule has 5 nitrogen and oxygen atoms in total. The fourth-order valence-corrected chi connectivity index (χ4v) is 2.17. The van der Waals surface area contributed by atoms with E-state index in [-0.39, 0.29) is 18.7 Å². The maximum absolute atomic E-state index is 12.3. The van der Waals surface area contributed by atoms with Crippen molar-refractivity contribution in [2.24, 2.45) is 0 Å². The first-order valence-electron chi connectivity index (χ1n) is 6.82. The molecule has 0 aliphatic heterocycles. The molecule has 0 radical (unpaired) electrons. The van der Waals surface area contributed by atoms with Crippen LogP contribution in [0.15, 0.2) is 54.9 Å². The average Bonchev–Trinajstić information content (AvgIpc) is 2.53. The van der Waals surface area contributed by atoms with E-state index < -0.39 is 0 Å². The Kier molecular flexibility index (Phi) is 5.29. The molecule has 2 amide bonds. The van der Waals surface area contributed by atoms with Gasteiger partial charge in [0.15, 0.2) is 0 Å². The smallest absolute Gasteiger partial charge is 0.322 e. The van der Waals surface area contributed by atoms with Gasteiger partial charge in [-0.25, -0.2) is 4.79 Å². The summed E-state index contributed by atoms with van der Waals surface area (Å²) in [7, 11) is 1.73. The molecule has 21 heavy (non-hydrogen) atoms. The summed E-state index contributed by atoms with van der Waals surface area (Å²) in [5.74, 6) is 0. The van der Waals surface area contributed by atoms with Gasteiger partial charge in [0.1, 0.15) is 0 Å². The summed E-state index contributed by atoms with van der Waals surface area (Å²) >= 11 is 0. The minimum Gasteiger partial charge on any atom is -0.396 e. The maximum Gasteiger partial charge on any atom is 0.322 e. The van der Waals surface area contributed by atoms with Gasteiger partial charge < -0.3 is 15.3 Å². The van der Waals surface area contributed by atoms with Crippen molar-refractivity contribution in [1.82, 2.24) is 9.88 Å². The lowest BCUT2D eigenvalue weighted by Gasteiger charge is -2.28. The largest absolute Gasteiger partial charge is 0.396 e. The fraction of sp³-hybridized carbons (Fsp3) is 0.250. The van der Waals surface area contributed by atoms with Crippen molar-refractivity contribution >= 4 is 11.7 Å². The minimum absolute atomic E-state index is 0.0203. The first-order chi connectivity index (χ1) is 10.2. The summed E-state index contributed by atoms with van der Waals surface area (Å²) < 4.78 is 0. The van der Waals surface area contributed by atoms with Crippen LogP contribution in [0.2, 0.25) is 0 Å². The monoisotopic (exact) mass is 285 g/mol. The number of hydrogen-bond acceptors (Lipinski definition) is 3. The highest BCUT2D eigenvalue weighted by Crippen LogP contribution is 2.23. The third-order valence-electron chi connectivity index (χ3n) is 3.31. The quantitative estimate of drug-likeness (QED) is 0.887. The zero-order chi connectivity index (χ0) is 15.1. The number of benzene rings is 1. The first-order valence-corrected chi connectivity index (χ1v) is 6.82. The van der Waals surface area contributed by atoms with Gasteiger partial charge in [-0.2, -0.15) is 0 Å². The van der Waals surface area contributed by atoms with E-state index in [1.54, 1.807) is 36.5 Å². The van der Waals surface area contributed by atoms with E-state index in [2.05, 4.69) is 10.3 Å². The number of anilines is 1. The molecule has 2 aromatic rings. The lowest BCUT2D eigenvalue weighted by atomic mass is 10.0. The van der Waals surface area contributed by atoms with Gasteiger partial charge in [0.2, 0.25) is 0 Å². The second kappa shape index (κ2) is 7.40. The summed E-state index contributed by atoms with van der Waals surface area (Å²) in [5.41, 5.74) is 1.69. The van der Waals surface area contributed by atoms with Crippen molar-refractivity contribution in [2.75, 3.05) is 19.0 Å². The van der Waals surface area contributed by atoms with Crippen molar-refractivity contribution in [3.63, 3.8) is 0 Å². The Morgan fingerprint density at radius 1 is 1.24 bits per heavy atom. The molecule has 1 aromatic heterocycles. The zero-order valence-electron chi connectivity index (χ0n) is 11.9. The van der Waals surface area contributed by atoms with Gasteiger partial charge in [0.25, 0.3) is 0 Å². The normalized spacial score (nSPS) is 11.7. The predicted octanol–water partition coefficient (Wildman–Crippen LogP) is 2.67. The summed E-state index contributed by atoms with van der Waals surface area (Å²) in [5, 5.41) is 12.1. The standard InChI is InChI=1S/C16H19N3O2/c1-19(16(21)18-14-7-10-17-11-8-14)15(9-12-20)13-5-3-2-4-6-13/h2-8,10-11,15,20H,9,12H2,1H3,(H,17,18,21). The van der Waals surface area contributed by atoms with Gasteiger partial charge in [0, 0.05) is 31.7 Å². The van der Waals surface area contributed by atoms with Gasteiger partial charge in [-0.1, -0.05) is 30.3 Å². The Bertz CT molecular complexity index is 560. The number of nitrogens with zero attached hydrogens (tertiary/aromatic N) is 2. The van der Waals surface area contributed by atoms with E-state index in [4.69, 9.17) is 0 Å². The highest BCUT2D eigenvalue weighted by atomic mass is 16.3. The summed E-state index contributed by atoms with van der Waals surface area (Å²) in [6.07, 6.45) is 3.74. The van der Waals surface area contributed by atoms with E-state index in [1.165, 1.54) is 0 Å². The van der Waals surface area contributed by atoms with E-state index in [0.29, 0.717) is 12.1 Å². The molecule has 1 heterocycles. The highest BCUT2D eigenvalue weighted by Gasteiger charge is 2.21. The average molecular weight is 285 g/mol. The second-order valence-electron chi connectivity index (χ2n) is 4.72. The van der Waals surface area contributed by atoms with Crippen LogP contribution in [0.1, 0.15) is 18.0 Å². The summed E-state index contributed by atoms with van der Waals surface area (Å²) in [6, 6.07) is 12.8. The molecule has 0 spiro atoms. The number of aliphatic hydroxyl groups excluding tert-OH is 1. The van der Waals surface area contributed by atoms with Crippen LogP contribution < -0.4 is 5.32 Å². The van der Waals surface area contributed by atoms with Crippen molar-refractivity contribution in [2.45, 2.75) is 12.5 Å². The van der Waals surface area contributed by atoms with Crippen molar-refractivity contribution in [3.8, 4) is 0 Å². The molecule has 0 aliphatic carbocycles. The Morgan fingerprint density at radius 3 is 2.52 bits per heavy atom. The molecule has 0 saturated carbocycles. The molecule has 0 fully saturated rings. The van der Waals surface area contributed by atoms with Gasteiger partial charge in [0.05, 0.1) is 6.04 Å². The van der Waals surface area contributed by atoms with Crippen LogP contribution in [0.3, 0.4) is 0 Å². The van der Waals surface area contributed by atoms with Gasteiger partial charge in [-0.3, -0.25) is 4.98 Å². The lowest BCUT2D eigenvalue weighted by molar-refractivity contribution is 0.184. The maximum atomic E-state index is 12.3. The number of amides is 2. The topological polar surface area (TPSA) is 65.5 Å². The molecule has 2 rings (SSSR count). The van der Waals surface area contributed by atoms with Crippen molar-refractivity contribution in [3.05, 3.63) is 60.4 Å². The summed E-state index contributed by atoms with van der Waals surface area (Å²) in [6.45, 7) is 0.0203. The highest BCUT2D eigenvalue weighted by molar-refractivity contribution is 5.89. The molecule has 1 aromatic carbocycles. The number of aromatic nitrogens is 1. The van der Waals surface area contributed by atoms with Gasteiger partial charge in [-0.15, -0.1) is 0 Å². The van der Waals surface area contributed by atoms with Crippen LogP contribution in [0, 0.1) is 0 Å². The molecule has 0 bridgehead atoms. The SMILES string of the molecule is CN(C(=O)Nc1ccncc1)C(CCO)c1ccccc1. The van der Waals surface area contributed by atoms with Crippen LogP contribution >= 0.6 is 0 Å². The number of pyridine rings is 1. The van der Waals surface area contributed by atoms with E-state index >= 15 is 0 Å². The number of rotatable bonds is 5. The van der Waals surface area contributed by atoms with Crippen LogP contribution in [0.25, 0.3) is 0 Å². The van der Waals surface area contributed by atoms with E-state index in [1.807, 2.05) is 30.3 Å². The van der Waals surface area contributed by atoms with Crippen LogP contribution in [0.5, 0.6) is 0 Å². The van der Waals surface area contributed by atoms with Crippen LogP contribution in [-0.4, -0.2) is 34.7 Å². The molecule has 2 N–H and O–H groups in total. The Morgan fingerprint density at radius 2 is 1.90 bits per heavy atom.